The fraction of sp³-hybridized carbons (Fsp3) is 0.500. The highest BCUT2D eigenvalue weighted by Gasteiger charge is 2.22. The highest BCUT2D eigenvalue weighted by atomic mass is 32.1. The van der Waals surface area contributed by atoms with Gasteiger partial charge in [-0.15, -0.1) is 0 Å². The number of nitrogens with zero attached hydrogens (tertiary/aromatic N) is 3. The molecule has 0 unspecified atom stereocenters. The zero-order valence-electron chi connectivity index (χ0n) is 10.4. The van der Waals surface area contributed by atoms with Crippen molar-refractivity contribution in [2.75, 3.05) is 26.0 Å². The van der Waals surface area contributed by atoms with Crippen molar-refractivity contribution in [1.82, 2.24) is 9.47 Å². The minimum atomic E-state index is 0.742. The van der Waals surface area contributed by atoms with E-state index in [9.17, 15) is 5.26 Å². The average molecular weight is 248 g/mol. The highest BCUT2D eigenvalue weighted by molar-refractivity contribution is 7.71. The number of fused-ring (bicyclic) bond motifs is 1. The Balaban J connectivity index is 2.77. The van der Waals surface area contributed by atoms with Gasteiger partial charge < -0.3 is 14.8 Å². The van der Waals surface area contributed by atoms with Crippen molar-refractivity contribution in [3.63, 3.8) is 0 Å². The molecule has 1 aliphatic heterocycles. The van der Waals surface area contributed by atoms with Crippen LogP contribution < -0.4 is 5.32 Å². The maximum absolute atomic E-state index is 9.34. The largest absolute Gasteiger partial charge is 0.373 e. The molecule has 0 bridgehead atoms. The van der Waals surface area contributed by atoms with Gasteiger partial charge in [-0.1, -0.05) is 12.2 Å². The summed E-state index contributed by atoms with van der Waals surface area (Å²) in [6.07, 6.45) is 0.897. The lowest BCUT2D eigenvalue weighted by Gasteiger charge is -2.28. The second-order valence-corrected chi connectivity index (χ2v) is 4.78. The van der Waals surface area contributed by atoms with Gasteiger partial charge >= 0.3 is 0 Å². The fourth-order valence-electron chi connectivity index (χ4n) is 2.40. The van der Waals surface area contributed by atoms with Gasteiger partial charge in [0.2, 0.25) is 0 Å². The summed E-state index contributed by atoms with van der Waals surface area (Å²) in [6.45, 7) is 1.81. The quantitative estimate of drug-likeness (QED) is 0.768. The topological polar surface area (TPSA) is 44.0 Å². The van der Waals surface area contributed by atoms with Crippen LogP contribution >= 0.6 is 12.2 Å². The van der Waals surface area contributed by atoms with Crippen molar-refractivity contribution in [2.45, 2.75) is 13.0 Å². The molecule has 1 aromatic rings. The van der Waals surface area contributed by atoms with Crippen LogP contribution in [0.1, 0.15) is 16.7 Å². The molecule has 2 heterocycles. The van der Waals surface area contributed by atoms with Crippen molar-refractivity contribution < 1.29 is 0 Å². The third kappa shape index (κ3) is 1.84. The third-order valence-electron chi connectivity index (χ3n) is 3.32. The predicted octanol–water partition coefficient (Wildman–Crippen LogP) is 1.66. The lowest BCUT2D eigenvalue weighted by molar-refractivity contribution is 0.311. The Hall–Kier alpha value is -1.38. The van der Waals surface area contributed by atoms with Gasteiger partial charge in [-0.05, 0) is 19.0 Å². The first kappa shape index (κ1) is 12.1. The number of rotatable bonds is 1. The molecule has 0 amide bonds. The van der Waals surface area contributed by atoms with Crippen molar-refractivity contribution in [1.29, 1.82) is 5.26 Å². The van der Waals surface area contributed by atoms with Crippen LogP contribution in [0, 0.1) is 16.0 Å². The van der Waals surface area contributed by atoms with E-state index < -0.39 is 0 Å². The predicted molar refractivity (Wildman–Crippen MR) is 70.5 cm³/mol. The summed E-state index contributed by atoms with van der Waals surface area (Å²) >= 11 is 5.48. The van der Waals surface area contributed by atoms with E-state index in [2.05, 4.69) is 23.3 Å². The molecule has 0 spiro atoms. The SMILES string of the molecule is CNc1c(C#N)c2c(c(=S)n1C)CN(C)CC2. The summed E-state index contributed by atoms with van der Waals surface area (Å²) in [4.78, 5) is 2.23. The molecule has 0 radical (unpaired) electrons. The molecular weight excluding hydrogens is 232 g/mol. The Morgan fingerprint density at radius 3 is 2.65 bits per heavy atom. The van der Waals surface area contributed by atoms with E-state index in [1.165, 1.54) is 0 Å². The maximum atomic E-state index is 9.34. The molecule has 17 heavy (non-hydrogen) atoms. The highest BCUT2D eigenvalue weighted by Crippen LogP contribution is 2.28. The smallest absolute Gasteiger partial charge is 0.124 e. The molecule has 0 aromatic carbocycles. The van der Waals surface area contributed by atoms with Crippen LogP contribution in [0.5, 0.6) is 0 Å². The van der Waals surface area contributed by atoms with Gasteiger partial charge in [0.05, 0.1) is 5.56 Å². The lowest BCUT2D eigenvalue weighted by atomic mass is 9.97. The van der Waals surface area contributed by atoms with Crippen LogP contribution in [-0.2, 0) is 20.0 Å². The molecule has 2 rings (SSSR count). The molecule has 1 N–H and O–H groups in total. The van der Waals surface area contributed by atoms with E-state index in [-0.39, 0.29) is 0 Å². The molecule has 0 atom stereocenters. The van der Waals surface area contributed by atoms with Gasteiger partial charge in [0, 0.05) is 32.7 Å². The number of pyridine rings is 1. The van der Waals surface area contributed by atoms with E-state index in [4.69, 9.17) is 12.2 Å². The molecule has 5 heteroatoms. The molecule has 1 aromatic heterocycles. The molecule has 90 valence electrons. The molecule has 4 nitrogen and oxygen atoms in total. The average Bonchev–Trinajstić information content (AvgIpc) is 2.33. The van der Waals surface area contributed by atoms with Crippen LogP contribution in [-0.4, -0.2) is 30.1 Å². The van der Waals surface area contributed by atoms with Crippen molar-refractivity contribution in [3.8, 4) is 6.07 Å². The standard InChI is InChI=1S/C12H16N4S/c1-14-11-9(6-13)8-4-5-15(2)7-10(8)12(17)16(11)3/h14H,4-5,7H2,1-3H3. The van der Waals surface area contributed by atoms with E-state index in [1.807, 2.05) is 18.7 Å². The molecule has 0 fully saturated rings. The fourth-order valence-corrected chi connectivity index (χ4v) is 2.68. The first-order valence-electron chi connectivity index (χ1n) is 5.61. The first-order chi connectivity index (χ1) is 8.10. The summed E-state index contributed by atoms with van der Waals surface area (Å²) in [7, 11) is 5.81. The minimum Gasteiger partial charge on any atom is -0.373 e. The van der Waals surface area contributed by atoms with E-state index in [0.717, 1.165) is 46.7 Å². The zero-order valence-corrected chi connectivity index (χ0v) is 11.2. The van der Waals surface area contributed by atoms with Crippen LogP contribution in [0.25, 0.3) is 0 Å². The monoisotopic (exact) mass is 248 g/mol. The van der Waals surface area contributed by atoms with Crippen molar-refractivity contribution >= 4 is 18.0 Å². The number of nitriles is 1. The Kier molecular flexibility index (Phi) is 3.18. The normalized spacial score (nSPS) is 15.2. The van der Waals surface area contributed by atoms with Gasteiger partial charge in [0.1, 0.15) is 16.5 Å². The number of hydrogen-bond donors (Lipinski definition) is 1. The molecule has 1 aliphatic rings. The van der Waals surface area contributed by atoms with Crippen molar-refractivity contribution in [2.24, 2.45) is 7.05 Å². The summed E-state index contributed by atoms with van der Waals surface area (Å²) in [5, 5.41) is 12.4. The van der Waals surface area contributed by atoms with E-state index in [0.29, 0.717) is 0 Å². The first-order valence-corrected chi connectivity index (χ1v) is 6.02. The van der Waals surface area contributed by atoms with Gasteiger partial charge in [0.25, 0.3) is 0 Å². The summed E-state index contributed by atoms with van der Waals surface area (Å²) in [5.41, 5.74) is 3.00. The van der Waals surface area contributed by atoms with Crippen LogP contribution in [0.3, 0.4) is 0 Å². The van der Waals surface area contributed by atoms with Crippen LogP contribution in [0.2, 0.25) is 0 Å². The summed E-state index contributed by atoms with van der Waals surface area (Å²) in [6, 6.07) is 2.31. The Morgan fingerprint density at radius 2 is 2.06 bits per heavy atom. The number of hydrogen-bond acceptors (Lipinski definition) is 4. The Morgan fingerprint density at radius 1 is 1.35 bits per heavy atom. The second kappa shape index (κ2) is 4.47. The summed E-state index contributed by atoms with van der Waals surface area (Å²) in [5.74, 6) is 0.820. The van der Waals surface area contributed by atoms with E-state index >= 15 is 0 Å². The second-order valence-electron chi connectivity index (χ2n) is 4.39. The van der Waals surface area contributed by atoms with E-state index in [1.54, 1.807) is 0 Å². The van der Waals surface area contributed by atoms with Crippen LogP contribution in [0.15, 0.2) is 0 Å². The molecule has 0 aliphatic carbocycles. The number of aromatic nitrogens is 1. The van der Waals surface area contributed by atoms with Gasteiger partial charge in [-0.3, -0.25) is 0 Å². The Labute approximate surface area is 106 Å². The number of nitrogens with one attached hydrogen (secondary N) is 1. The minimum absolute atomic E-state index is 0.742. The molecular formula is C12H16N4S. The Bertz CT molecular complexity index is 553. The zero-order chi connectivity index (χ0) is 12.6. The van der Waals surface area contributed by atoms with Gasteiger partial charge in [0.15, 0.2) is 0 Å². The van der Waals surface area contributed by atoms with Gasteiger partial charge in [-0.2, -0.15) is 5.26 Å². The lowest BCUT2D eigenvalue weighted by Crippen LogP contribution is -2.29. The third-order valence-corrected chi connectivity index (χ3v) is 3.84. The van der Waals surface area contributed by atoms with Crippen molar-refractivity contribution in [3.05, 3.63) is 21.3 Å². The number of likely N-dealkylation sites (N-methyl/N-ethyl adjacent to an activating group) is 1. The molecule has 0 saturated carbocycles. The van der Waals surface area contributed by atoms with Gasteiger partial charge in [-0.25, -0.2) is 0 Å². The molecule has 0 saturated heterocycles. The number of anilines is 1. The van der Waals surface area contributed by atoms with Crippen LogP contribution in [0.4, 0.5) is 5.82 Å². The summed E-state index contributed by atoms with van der Waals surface area (Å²) < 4.78 is 2.72. The maximum Gasteiger partial charge on any atom is 0.124 e.